The summed E-state index contributed by atoms with van der Waals surface area (Å²) in [6.45, 7) is 2.66. The average Bonchev–Trinajstić information content (AvgIpc) is 2.56. The molecule has 2 N–H and O–H groups in total. The normalized spacial score (nSPS) is 20.1. The summed E-state index contributed by atoms with van der Waals surface area (Å²) >= 11 is 3.44. The average molecular weight is 270 g/mol. The Kier molecular flexibility index (Phi) is 2.90. The summed E-state index contributed by atoms with van der Waals surface area (Å²) in [5, 5.41) is 6.00. The predicted octanol–water partition coefficient (Wildman–Crippen LogP) is 1.45. The number of carbonyl (C=O) groups is 1. The maximum absolute atomic E-state index is 11.0. The van der Waals surface area contributed by atoms with Crippen LogP contribution in [0.5, 0.6) is 0 Å². The molecule has 0 aromatic carbocycles. The van der Waals surface area contributed by atoms with Crippen molar-refractivity contribution in [3.8, 4) is 0 Å². The Morgan fingerprint density at radius 2 is 2.47 bits per heavy atom. The lowest BCUT2D eigenvalue weighted by molar-refractivity contribution is -0.119. The van der Waals surface area contributed by atoms with Crippen LogP contribution in [0.25, 0.3) is 0 Å². The van der Waals surface area contributed by atoms with Gasteiger partial charge in [-0.2, -0.15) is 0 Å². The van der Waals surface area contributed by atoms with Crippen LogP contribution in [0.4, 0.5) is 5.82 Å². The lowest BCUT2D eigenvalue weighted by Gasteiger charge is -2.12. The van der Waals surface area contributed by atoms with Crippen molar-refractivity contribution in [2.75, 3.05) is 11.9 Å². The molecule has 0 bridgehead atoms. The van der Waals surface area contributed by atoms with Crippen LogP contribution in [-0.2, 0) is 4.79 Å². The number of halogens is 1. The van der Waals surface area contributed by atoms with Crippen molar-refractivity contribution < 1.29 is 4.79 Å². The summed E-state index contributed by atoms with van der Waals surface area (Å²) in [6.07, 6.45) is 2.32. The minimum absolute atomic E-state index is 0.0933. The summed E-state index contributed by atoms with van der Waals surface area (Å²) in [5.74, 6) is 0.887. The number of nitrogens with one attached hydrogen (secondary N) is 2. The first-order chi connectivity index (χ1) is 7.15. The SMILES string of the molecule is Cc1cnc(NC2CNC(=O)C2)c(Br)c1. The Labute approximate surface area is 96.6 Å². The molecule has 2 rings (SSSR count). The largest absolute Gasteiger partial charge is 0.364 e. The van der Waals surface area contributed by atoms with E-state index in [9.17, 15) is 4.79 Å². The molecule has 1 aromatic rings. The summed E-state index contributed by atoms with van der Waals surface area (Å²) < 4.78 is 0.932. The van der Waals surface area contributed by atoms with Gasteiger partial charge >= 0.3 is 0 Å². The van der Waals surface area contributed by atoms with Crippen LogP contribution >= 0.6 is 15.9 Å². The number of hydrogen-bond donors (Lipinski definition) is 2. The van der Waals surface area contributed by atoms with Crippen molar-refractivity contribution in [3.63, 3.8) is 0 Å². The van der Waals surface area contributed by atoms with Crippen molar-refractivity contribution in [2.45, 2.75) is 19.4 Å². The first-order valence-corrected chi connectivity index (χ1v) is 5.60. The Morgan fingerprint density at radius 1 is 1.67 bits per heavy atom. The minimum atomic E-state index is 0.0933. The number of nitrogens with zero attached hydrogens (tertiary/aromatic N) is 1. The zero-order chi connectivity index (χ0) is 10.8. The van der Waals surface area contributed by atoms with E-state index in [2.05, 4.69) is 31.5 Å². The smallest absolute Gasteiger partial charge is 0.222 e. The molecular weight excluding hydrogens is 258 g/mol. The fourth-order valence-corrected chi connectivity index (χ4v) is 2.12. The van der Waals surface area contributed by atoms with Gasteiger partial charge in [-0.05, 0) is 34.5 Å². The number of aryl methyl sites for hydroxylation is 1. The van der Waals surface area contributed by atoms with Crippen LogP contribution in [0.2, 0.25) is 0 Å². The van der Waals surface area contributed by atoms with Gasteiger partial charge in [0.2, 0.25) is 5.91 Å². The van der Waals surface area contributed by atoms with Crippen LogP contribution in [0.3, 0.4) is 0 Å². The second kappa shape index (κ2) is 4.18. The van der Waals surface area contributed by atoms with Gasteiger partial charge in [0.05, 0.1) is 10.5 Å². The second-order valence-corrected chi connectivity index (χ2v) is 4.55. The maximum Gasteiger partial charge on any atom is 0.222 e. The lowest BCUT2D eigenvalue weighted by atomic mass is 10.2. The molecule has 1 unspecified atom stereocenters. The molecule has 1 aromatic heterocycles. The summed E-state index contributed by atoms with van der Waals surface area (Å²) in [6, 6.07) is 2.14. The van der Waals surface area contributed by atoms with Gasteiger partial charge < -0.3 is 10.6 Å². The number of pyridine rings is 1. The van der Waals surface area contributed by atoms with Gasteiger partial charge in [0, 0.05) is 19.2 Å². The van der Waals surface area contributed by atoms with E-state index in [1.807, 2.05) is 13.0 Å². The molecule has 1 fully saturated rings. The molecule has 1 aliphatic rings. The fraction of sp³-hybridized carbons (Fsp3) is 0.400. The number of rotatable bonds is 2. The van der Waals surface area contributed by atoms with E-state index in [1.54, 1.807) is 6.20 Å². The molecule has 1 atom stereocenters. The summed E-state index contributed by atoms with van der Waals surface area (Å²) in [5.41, 5.74) is 1.10. The molecule has 0 radical (unpaired) electrons. The van der Waals surface area contributed by atoms with Crippen molar-refractivity contribution in [1.29, 1.82) is 0 Å². The molecule has 0 saturated carbocycles. The van der Waals surface area contributed by atoms with E-state index in [0.29, 0.717) is 13.0 Å². The maximum atomic E-state index is 11.0. The minimum Gasteiger partial charge on any atom is -0.364 e. The molecule has 1 aliphatic heterocycles. The number of carbonyl (C=O) groups excluding carboxylic acids is 1. The van der Waals surface area contributed by atoms with Crippen molar-refractivity contribution in [2.24, 2.45) is 0 Å². The van der Waals surface area contributed by atoms with E-state index >= 15 is 0 Å². The molecule has 1 amide bonds. The lowest BCUT2D eigenvalue weighted by Crippen LogP contribution is -2.23. The van der Waals surface area contributed by atoms with Gasteiger partial charge in [0.15, 0.2) is 0 Å². The standard InChI is InChI=1S/C10H12BrN3O/c1-6-2-8(11)10(13-4-6)14-7-3-9(15)12-5-7/h2,4,7H,3,5H2,1H3,(H,12,15)(H,13,14). The van der Waals surface area contributed by atoms with Gasteiger partial charge in [-0.25, -0.2) is 4.98 Å². The third-order valence-corrected chi connectivity index (χ3v) is 2.90. The van der Waals surface area contributed by atoms with Crippen LogP contribution in [0, 0.1) is 6.92 Å². The number of hydrogen-bond acceptors (Lipinski definition) is 3. The Balaban J connectivity index is 2.07. The zero-order valence-corrected chi connectivity index (χ0v) is 9.97. The van der Waals surface area contributed by atoms with Crippen molar-refractivity contribution >= 4 is 27.7 Å². The van der Waals surface area contributed by atoms with E-state index in [1.165, 1.54) is 0 Å². The van der Waals surface area contributed by atoms with Crippen LogP contribution < -0.4 is 10.6 Å². The highest BCUT2D eigenvalue weighted by molar-refractivity contribution is 9.10. The molecule has 80 valence electrons. The highest BCUT2D eigenvalue weighted by atomic mass is 79.9. The third kappa shape index (κ3) is 2.47. The first-order valence-electron chi connectivity index (χ1n) is 4.80. The molecule has 15 heavy (non-hydrogen) atoms. The van der Waals surface area contributed by atoms with Crippen LogP contribution in [-0.4, -0.2) is 23.5 Å². The topological polar surface area (TPSA) is 54.0 Å². The van der Waals surface area contributed by atoms with Crippen LogP contribution in [0.1, 0.15) is 12.0 Å². The van der Waals surface area contributed by atoms with Crippen molar-refractivity contribution in [3.05, 3.63) is 22.3 Å². The molecule has 0 spiro atoms. The molecule has 0 aliphatic carbocycles. The Morgan fingerprint density at radius 3 is 3.07 bits per heavy atom. The number of amides is 1. The van der Waals surface area contributed by atoms with E-state index in [-0.39, 0.29) is 11.9 Å². The van der Waals surface area contributed by atoms with E-state index < -0.39 is 0 Å². The Bertz CT molecular complexity index is 394. The second-order valence-electron chi connectivity index (χ2n) is 3.69. The molecular formula is C10H12BrN3O. The molecule has 5 heteroatoms. The van der Waals surface area contributed by atoms with Gasteiger partial charge in [-0.1, -0.05) is 0 Å². The number of aromatic nitrogens is 1. The van der Waals surface area contributed by atoms with E-state index in [4.69, 9.17) is 0 Å². The molecule has 2 heterocycles. The number of anilines is 1. The quantitative estimate of drug-likeness (QED) is 0.855. The monoisotopic (exact) mass is 269 g/mol. The highest BCUT2D eigenvalue weighted by Crippen LogP contribution is 2.22. The van der Waals surface area contributed by atoms with Gasteiger partial charge in [0.25, 0.3) is 0 Å². The van der Waals surface area contributed by atoms with Gasteiger partial charge in [-0.15, -0.1) is 0 Å². The van der Waals surface area contributed by atoms with Gasteiger partial charge in [-0.3, -0.25) is 4.79 Å². The third-order valence-electron chi connectivity index (χ3n) is 2.30. The summed E-state index contributed by atoms with van der Waals surface area (Å²) in [7, 11) is 0. The van der Waals surface area contributed by atoms with Crippen molar-refractivity contribution in [1.82, 2.24) is 10.3 Å². The van der Waals surface area contributed by atoms with Crippen LogP contribution in [0.15, 0.2) is 16.7 Å². The van der Waals surface area contributed by atoms with Gasteiger partial charge in [0.1, 0.15) is 5.82 Å². The highest BCUT2D eigenvalue weighted by Gasteiger charge is 2.21. The van der Waals surface area contributed by atoms with E-state index in [0.717, 1.165) is 15.9 Å². The zero-order valence-electron chi connectivity index (χ0n) is 8.38. The molecule has 4 nitrogen and oxygen atoms in total. The molecule has 1 saturated heterocycles. The summed E-state index contributed by atoms with van der Waals surface area (Å²) in [4.78, 5) is 15.3. The Hall–Kier alpha value is -1.10. The predicted molar refractivity (Wildman–Crippen MR) is 61.7 cm³/mol. The first kappa shape index (κ1) is 10.4. The fourth-order valence-electron chi connectivity index (χ4n) is 1.54.